The minimum atomic E-state index is -4.44. The summed E-state index contributed by atoms with van der Waals surface area (Å²) in [5.74, 6) is -0.170. The fourth-order valence-corrected chi connectivity index (χ4v) is 2.66. The Kier molecular flexibility index (Phi) is 5.30. The Morgan fingerprint density at radius 2 is 2.15 bits per heavy atom. The summed E-state index contributed by atoms with van der Waals surface area (Å²) < 4.78 is 46.4. The Morgan fingerprint density at radius 3 is 2.81 bits per heavy atom. The second kappa shape index (κ2) is 7.48. The zero-order valence-corrected chi connectivity index (χ0v) is 14.3. The number of carbonyl (C=O) groups excluding carboxylic acids is 1. The van der Waals surface area contributed by atoms with Gasteiger partial charge in [0.15, 0.2) is 5.69 Å². The van der Waals surface area contributed by atoms with Crippen molar-refractivity contribution < 1.29 is 22.7 Å². The van der Waals surface area contributed by atoms with Gasteiger partial charge in [0, 0.05) is 38.0 Å². The maximum absolute atomic E-state index is 12.9. The first-order chi connectivity index (χ1) is 12.4. The van der Waals surface area contributed by atoms with Crippen LogP contribution in [0, 0.1) is 0 Å². The minimum Gasteiger partial charge on any atom is -0.362 e. The van der Waals surface area contributed by atoms with E-state index in [0.29, 0.717) is 25.2 Å². The highest BCUT2D eigenvalue weighted by Crippen LogP contribution is 2.42. The zero-order chi connectivity index (χ0) is 18.7. The van der Waals surface area contributed by atoms with Gasteiger partial charge in [-0.2, -0.15) is 23.4 Å². The maximum atomic E-state index is 12.9. The minimum absolute atomic E-state index is 0.165. The van der Waals surface area contributed by atoms with Gasteiger partial charge in [0.1, 0.15) is 12.4 Å². The third-order valence-electron chi connectivity index (χ3n) is 4.06. The first-order valence-corrected chi connectivity index (χ1v) is 8.34. The molecule has 0 saturated heterocycles. The highest BCUT2D eigenvalue weighted by Gasteiger charge is 2.37. The summed E-state index contributed by atoms with van der Waals surface area (Å²) >= 11 is 0. The number of aromatic nitrogens is 4. The second-order valence-electron chi connectivity index (χ2n) is 6.22. The van der Waals surface area contributed by atoms with E-state index in [-0.39, 0.29) is 24.2 Å². The molecule has 1 aliphatic carbocycles. The molecule has 2 aromatic rings. The molecule has 142 valence electrons. The van der Waals surface area contributed by atoms with Gasteiger partial charge in [-0.05, 0) is 31.4 Å². The monoisotopic (exact) mass is 371 g/mol. The molecule has 1 aliphatic rings. The summed E-state index contributed by atoms with van der Waals surface area (Å²) in [7, 11) is 1.52. The molecule has 0 aromatic carbocycles. The van der Waals surface area contributed by atoms with E-state index in [4.69, 9.17) is 4.74 Å². The third kappa shape index (κ3) is 4.43. The van der Waals surface area contributed by atoms with Gasteiger partial charge >= 0.3 is 6.18 Å². The molecular weight excluding hydrogens is 351 g/mol. The molecule has 0 spiro atoms. The van der Waals surface area contributed by atoms with Gasteiger partial charge in [-0.15, -0.1) is 0 Å². The quantitative estimate of drug-likeness (QED) is 0.723. The number of nitrogens with zero attached hydrogens (tertiary/aromatic N) is 4. The standard InChI is InChI=1S/C16H20F3N5O2/c1-26-10-23-8-5-12(21-23)15(25)20-6-2-7-24-13(11-3-4-11)9-14(22-24)16(17,18)19/h5,8-9,11H,2-4,6-7,10H2,1H3,(H,20,25). The topological polar surface area (TPSA) is 74.0 Å². The van der Waals surface area contributed by atoms with Crippen LogP contribution in [-0.4, -0.2) is 39.1 Å². The van der Waals surface area contributed by atoms with Crippen molar-refractivity contribution in [1.29, 1.82) is 0 Å². The molecule has 0 aliphatic heterocycles. The van der Waals surface area contributed by atoms with E-state index in [2.05, 4.69) is 15.5 Å². The van der Waals surface area contributed by atoms with Gasteiger partial charge in [0.25, 0.3) is 5.91 Å². The van der Waals surface area contributed by atoms with Crippen molar-refractivity contribution >= 4 is 5.91 Å². The molecular formula is C16H20F3N5O2. The number of aryl methyl sites for hydroxylation is 1. The Bertz CT molecular complexity index is 764. The lowest BCUT2D eigenvalue weighted by Gasteiger charge is -2.07. The Labute approximate surface area is 148 Å². The predicted molar refractivity (Wildman–Crippen MR) is 85.4 cm³/mol. The molecule has 0 radical (unpaired) electrons. The molecule has 1 N–H and O–H groups in total. The average molecular weight is 371 g/mol. The van der Waals surface area contributed by atoms with Gasteiger partial charge < -0.3 is 10.1 Å². The molecule has 26 heavy (non-hydrogen) atoms. The number of alkyl halides is 3. The number of nitrogens with one attached hydrogen (secondary N) is 1. The van der Waals surface area contributed by atoms with Crippen molar-refractivity contribution in [2.75, 3.05) is 13.7 Å². The van der Waals surface area contributed by atoms with Crippen molar-refractivity contribution in [2.24, 2.45) is 0 Å². The summed E-state index contributed by atoms with van der Waals surface area (Å²) in [6.07, 6.45) is -0.552. The van der Waals surface area contributed by atoms with Crippen LogP contribution in [0.3, 0.4) is 0 Å². The van der Waals surface area contributed by atoms with Crippen LogP contribution in [-0.2, 0) is 24.2 Å². The smallest absolute Gasteiger partial charge is 0.362 e. The largest absolute Gasteiger partial charge is 0.435 e. The van der Waals surface area contributed by atoms with Crippen LogP contribution in [0.4, 0.5) is 13.2 Å². The number of amides is 1. The Balaban J connectivity index is 1.51. The Morgan fingerprint density at radius 1 is 1.38 bits per heavy atom. The SMILES string of the molecule is COCn1ccc(C(=O)NCCCn2nc(C(F)(F)F)cc2C2CC2)n1. The van der Waals surface area contributed by atoms with E-state index in [1.54, 1.807) is 12.3 Å². The molecule has 3 rings (SSSR count). The first-order valence-electron chi connectivity index (χ1n) is 8.34. The molecule has 7 nitrogen and oxygen atoms in total. The molecule has 2 heterocycles. The average Bonchev–Trinajstić information content (AvgIpc) is 3.15. The molecule has 2 aromatic heterocycles. The van der Waals surface area contributed by atoms with Gasteiger partial charge in [-0.1, -0.05) is 0 Å². The highest BCUT2D eigenvalue weighted by molar-refractivity contribution is 5.92. The maximum Gasteiger partial charge on any atom is 0.435 e. The summed E-state index contributed by atoms with van der Waals surface area (Å²) in [6, 6.07) is 2.71. The van der Waals surface area contributed by atoms with Gasteiger partial charge in [0.2, 0.25) is 0 Å². The molecule has 1 fully saturated rings. The number of hydrogen-bond donors (Lipinski definition) is 1. The first kappa shape index (κ1) is 18.4. The van der Waals surface area contributed by atoms with Crippen molar-refractivity contribution in [3.8, 4) is 0 Å². The lowest BCUT2D eigenvalue weighted by molar-refractivity contribution is -0.141. The normalized spacial score (nSPS) is 14.6. The number of rotatable bonds is 8. The second-order valence-corrected chi connectivity index (χ2v) is 6.22. The van der Waals surface area contributed by atoms with E-state index in [1.165, 1.54) is 16.5 Å². The van der Waals surface area contributed by atoms with E-state index < -0.39 is 11.9 Å². The third-order valence-corrected chi connectivity index (χ3v) is 4.06. The number of halogens is 3. The van der Waals surface area contributed by atoms with Crippen molar-refractivity contribution in [3.05, 3.63) is 35.4 Å². The lowest BCUT2D eigenvalue weighted by atomic mass is 10.2. The van der Waals surface area contributed by atoms with Gasteiger partial charge in [-0.25, -0.2) is 4.68 Å². The van der Waals surface area contributed by atoms with Crippen LogP contribution < -0.4 is 5.32 Å². The van der Waals surface area contributed by atoms with Crippen LogP contribution in [0.15, 0.2) is 18.3 Å². The Hall–Kier alpha value is -2.36. The molecule has 0 unspecified atom stereocenters. The van der Waals surface area contributed by atoms with E-state index >= 15 is 0 Å². The predicted octanol–water partition coefficient (Wildman–Crippen LogP) is 2.40. The van der Waals surface area contributed by atoms with E-state index in [0.717, 1.165) is 18.9 Å². The van der Waals surface area contributed by atoms with Crippen molar-refractivity contribution in [3.63, 3.8) is 0 Å². The van der Waals surface area contributed by atoms with Crippen LogP contribution in [0.5, 0.6) is 0 Å². The molecule has 1 saturated carbocycles. The number of hydrogen-bond acceptors (Lipinski definition) is 4. The summed E-state index contributed by atoms with van der Waals surface area (Å²) in [4.78, 5) is 12.0. The number of ether oxygens (including phenoxy) is 1. The van der Waals surface area contributed by atoms with E-state index in [1.807, 2.05) is 0 Å². The fourth-order valence-electron chi connectivity index (χ4n) is 2.66. The zero-order valence-electron chi connectivity index (χ0n) is 14.3. The van der Waals surface area contributed by atoms with Crippen LogP contribution in [0.2, 0.25) is 0 Å². The summed E-state index contributed by atoms with van der Waals surface area (Å²) in [5.41, 5.74) is 0.0354. The van der Waals surface area contributed by atoms with Gasteiger partial charge in [0.05, 0.1) is 0 Å². The summed E-state index contributed by atoms with van der Waals surface area (Å²) in [5, 5.41) is 10.4. The fraction of sp³-hybridized carbons (Fsp3) is 0.562. The van der Waals surface area contributed by atoms with Gasteiger partial charge in [-0.3, -0.25) is 9.48 Å². The lowest BCUT2D eigenvalue weighted by Crippen LogP contribution is -2.26. The number of methoxy groups -OCH3 is 1. The van der Waals surface area contributed by atoms with Crippen molar-refractivity contribution in [2.45, 2.75) is 44.6 Å². The summed E-state index contributed by atoms with van der Waals surface area (Å²) in [6.45, 7) is 0.889. The molecule has 0 atom stereocenters. The number of carbonyl (C=O) groups is 1. The molecule has 10 heteroatoms. The van der Waals surface area contributed by atoms with Crippen LogP contribution in [0.1, 0.15) is 47.1 Å². The van der Waals surface area contributed by atoms with Crippen LogP contribution in [0.25, 0.3) is 0 Å². The van der Waals surface area contributed by atoms with Crippen molar-refractivity contribution in [1.82, 2.24) is 24.9 Å². The molecule has 1 amide bonds. The van der Waals surface area contributed by atoms with Crippen LogP contribution >= 0.6 is 0 Å². The van der Waals surface area contributed by atoms with E-state index in [9.17, 15) is 18.0 Å². The highest BCUT2D eigenvalue weighted by atomic mass is 19.4. The molecule has 0 bridgehead atoms.